The summed E-state index contributed by atoms with van der Waals surface area (Å²) in [7, 11) is -8.39. The van der Waals surface area contributed by atoms with Crippen molar-refractivity contribution in [2.75, 3.05) is 28.3 Å². The maximum atomic E-state index is 12.0. The van der Waals surface area contributed by atoms with E-state index in [9.17, 15) is 46.7 Å². The number of nitrogens with one attached hydrogen (secondary N) is 4. The molecule has 0 fully saturated rings. The average Bonchev–Trinajstić information content (AvgIpc) is 2.39. The van der Waals surface area contributed by atoms with E-state index in [1.54, 1.807) is 66.7 Å². The molecule has 0 amide bonds. The van der Waals surface area contributed by atoms with Gasteiger partial charge in [-0.25, -0.2) is 16.8 Å². The summed E-state index contributed by atoms with van der Waals surface area (Å²) in [6.45, 7) is 1.81. The molecule has 84 heavy (non-hydrogen) atoms. The number of phenolic OH excluding ortho intramolecular Hbond substituents is 2. The zero-order valence-corrected chi connectivity index (χ0v) is 57.0. The molecule has 412 valence electrons. The number of nitrogens with zero attached hydrogens (tertiary/aromatic N) is 10. The number of phenols is 2. The monoisotopic (exact) mass is 1290 g/mol. The van der Waals surface area contributed by atoms with Crippen LogP contribution in [0.25, 0.3) is 21.5 Å². The van der Waals surface area contributed by atoms with Gasteiger partial charge in [0.25, 0.3) is 0 Å². The Bertz CT molecular complexity index is 4080. The Morgan fingerprint density at radius 1 is 0.536 bits per heavy atom. The van der Waals surface area contributed by atoms with Crippen LogP contribution in [0.1, 0.15) is 5.56 Å². The minimum Gasteiger partial charge on any atom is -0.744 e. The van der Waals surface area contributed by atoms with Gasteiger partial charge in [-0.05, 0) is 113 Å². The molecule has 0 saturated heterocycles. The molecule has 28 nitrogen and oxygen atoms in total. The molecule has 0 aliphatic rings. The molecule has 0 spiro atoms. The van der Waals surface area contributed by atoms with Gasteiger partial charge in [0.05, 0.1) is 66.4 Å². The van der Waals surface area contributed by atoms with Crippen molar-refractivity contribution in [2.45, 2.75) is 26.5 Å². The third-order valence-electron chi connectivity index (χ3n) is 10.5. The van der Waals surface area contributed by atoms with Gasteiger partial charge in [0, 0.05) is 23.5 Å². The quantitative estimate of drug-likeness (QED) is 0.0121. The summed E-state index contributed by atoms with van der Waals surface area (Å²) in [5.74, 6) is -1.14. The molecule has 9 rings (SSSR count). The van der Waals surface area contributed by atoms with Gasteiger partial charge < -0.3 is 51.1 Å². The van der Waals surface area contributed by atoms with E-state index in [-0.39, 0.29) is 207 Å². The fraction of sp³-hybridized carbons (Fsp3) is 0.0435. The van der Waals surface area contributed by atoms with Crippen LogP contribution >= 0.6 is 47.3 Å². The first kappa shape index (κ1) is 72.4. The van der Waals surface area contributed by atoms with Crippen LogP contribution in [0, 0.1) is 6.92 Å². The molecular formula is C46H32Cl2N14Na4O14S4. The standard InChI is InChI=1S/C26H20ClN7O7S2.C20H16ClN7O7S2.4Na/c1-14-7-5-6-10-18(14)33-34-22-20(42-41-40-36)12-15-11-17(43(37,38)39)13-19(21(15)23(22)35)29-26-31-24(27)30-25(32-26)28-16-8-3-2-4-9-16;1-22-19-24-18(21)25-20(26-19)23-13-9-12(37(31,32)33)7-10-8-14(36-35-34-30)16(17(29)15(10)13)28-27-11-5-3-2-4-6-11;;;;/h2-13,35-36H,1H3,(H,37,38,39)(H2,28,29,30,31,32);2-9,29-30H,1H3,(H,31,32,33)(H2,22,23,24,25,26);;;;/q;;4*+1/p-4. The van der Waals surface area contributed by atoms with Crippen LogP contribution in [0.3, 0.4) is 0 Å². The molecule has 0 aliphatic carbocycles. The number of benzene rings is 7. The Balaban J connectivity index is 0.000000348. The van der Waals surface area contributed by atoms with Crippen molar-refractivity contribution in [3.05, 3.63) is 137 Å². The number of hydrogen-bond donors (Lipinski definition) is 6. The van der Waals surface area contributed by atoms with Crippen LogP contribution in [0.2, 0.25) is 10.6 Å². The predicted molar refractivity (Wildman–Crippen MR) is 285 cm³/mol. The molecule has 0 aliphatic heterocycles. The molecule has 0 radical (unpaired) electrons. The van der Waals surface area contributed by atoms with Crippen molar-refractivity contribution in [3.63, 3.8) is 0 Å². The summed E-state index contributed by atoms with van der Waals surface area (Å²) in [5.41, 5.74) is 1.90. The van der Waals surface area contributed by atoms with E-state index in [1.807, 2.05) is 25.1 Å². The van der Waals surface area contributed by atoms with Gasteiger partial charge in [0.2, 0.25) is 34.4 Å². The first-order chi connectivity index (χ1) is 38.3. The number of rotatable bonds is 19. The van der Waals surface area contributed by atoms with Crippen molar-refractivity contribution >= 4 is 153 Å². The Morgan fingerprint density at radius 3 is 1.40 bits per heavy atom. The van der Waals surface area contributed by atoms with E-state index in [1.165, 1.54) is 19.2 Å². The largest absolute Gasteiger partial charge is 1.00 e. The minimum absolute atomic E-state index is 0. The smallest absolute Gasteiger partial charge is 0.744 e. The summed E-state index contributed by atoms with van der Waals surface area (Å²) in [5, 5.41) is 77.9. The Labute approximate surface area is 583 Å². The normalized spacial score (nSPS) is 11.2. The number of azo groups is 2. The zero-order valence-electron chi connectivity index (χ0n) is 44.2. The summed E-state index contributed by atoms with van der Waals surface area (Å²) >= 11 is 12.8. The fourth-order valence-electron chi connectivity index (χ4n) is 7.08. The minimum atomic E-state index is -4.99. The van der Waals surface area contributed by atoms with E-state index in [2.05, 4.69) is 90.4 Å². The maximum Gasteiger partial charge on any atom is 1.00 e. The molecule has 7 aromatic carbocycles. The van der Waals surface area contributed by atoms with Gasteiger partial charge in [-0.3, -0.25) is 10.1 Å². The zero-order chi connectivity index (χ0) is 57.1. The van der Waals surface area contributed by atoms with Gasteiger partial charge >= 0.3 is 118 Å². The van der Waals surface area contributed by atoms with Crippen LogP contribution in [0.4, 0.5) is 63.6 Å². The van der Waals surface area contributed by atoms with E-state index in [0.29, 0.717) is 41.1 Å². The number of para-hydroxylation sites is 1. The van der Waals surface area contributed by atoms with Crippen LogP contribution in [0.15, 0.2) is 161 Å². The summed E-state index contributed by atoms with van der Waals surface area (Å²) in [4.78, 5) is 23.0. The van der Waals surface area contributed by atoms with E-state index < -0.39 is 41.5 Å². The third kappa shape index (κ3) is 19.2. The number of aromatic nitrogens is 6. The Kier molecular flexibility index (Phi) is 28.7. The maximum absolute atomic E-state index is 12.0. The van der Waals surface area contributed by atoms with Crippen LogP contribution < -0.4 is 150 Å². The summed E-state index contributed by atoms with van der Waals surface area (Å²) in [6, 6.07) is 31.3. The SMILES string of the molecule is CNc1nc(Cl)nc(Nc2cc(S(=O)(=O)[O-])cc3cc(SOO[O-])c(N=Nc4ccccc4)c(O)c23)n1.Cc1ccccc1N=Nc1c(SOO[O-])cc2cc(S(=O)(=O)[O-])cc(Nc3nc(Cl)nc(Nc4ccccc4)n3)c2c1O.[Na+].[Na+].[Na+].[Na+]. The molecular weight excluding hydrogens is 1260 g/mol. The molecule has 0 atom stereocenters. The first-order valence-corrected chi connectivity index (χ1v) is 27.0. The second-order valence-corrected chi connectivity index (χ2v) is 20.6. The number of anilines is 7. The van der Waals surface area contributed by atoms with Crippen molar-refractivity contribution in [1.82, 2.24) is 29.9 Å². The van der Waals surface area contributed by atoms with Gasteiger partial charge in [0.15, 0.2) is 11.5 Å². The van der Waals surface area contributed by atoms with Gasteiger partial charge in [-0.15, -0.1) is 10.2 Å². The molecule has 6 N–H and O–H groups in total. The second-order valence-electron chi connectivity index (χ2n) is 15.6. The van der Waals surface area contributed by atoms with Gasteiger partial charge in [-0.1, -0.05) is 54.6 Å². The second kappa shape index (κ2) is 33.3. The number of aromatic hydroxyl groups is 2. The molecule has 2 aromatic heterocycles. The topological polar surface area (TPSA) is 413 Å². The first-order valence-electron chi connectivity index (χ1n) is 22.0. The Morgan fingerprint density at radius 2 is 0.952 bits per heavy atom. The molecule has 2 heterocycles. The average molecular weight is 1300 g/mol. The number of fused-ring (bicyclic) bond motifs is 2. The van der Waals surface area contributed by atoms with Crippen molar-refractivity contribution in [1.29, 1.82) is 0 Å². The van der Waals surface area contributed by atoms with E-state index in [0.717, 1.165) is 29.8 Å². The fourth-order valence-corrected chi connectivity index (χ4v) is 9.45. The Hall–Kier alpha value is -4.06. The van der Waals surface area contributed by atoms with Gasteiger partial charge in [0.1, 0.15) is 31.6 Å². The summed E-state index contributed by atoms with van der Waals surface area (Å²) < 4.78 is 80.6. The van der Waals surface area contributed by atoms with Crippen molar-refractivity contribution in [2.24, 2.45) is 20.5 Å². The van der Waals surface area contributed by atoms with E-state index >= 15 is 0 Å². The van der Waals surface area contributed by atoms with Gasteiger partial charge in [-0.2, -0.15) is 48.8 Å². The third-order valence-corrected chi connectivity index (χ3v) is 13.7. The van der Waals surface area contributed by atoms with Crippen LogP contribution in [-0.2, 0) is 39.0 Å². The molecule has 9 aromatic rings. The molecule has 0 bridgehead atoms. The number of hydrogen-bond acceptors (Lipinski definition) is 30. The number of halogens is 2. The molecule has 38 heteroatoms. The molecule has 0 saturated carbocycles. The van der Waals surface area contributed by atoms with Crippen LogP contribution in [0.5, 0.6) is 11.5 Å². The summed E-state index contributed by atoms with van der Waals surface area (Å²) in [6.07, 6.45) is 0. The molecule has 0 unspecified atom stereocenters. The van der Waals surface area contributed by atoms with E-state index in [4.69, 9.17) is 23.2 Å². The number of aryl methyl sites for hydroxylation is 1. The van der Waals surface area contributed by atoms with Crippen molar-refractivity contribution in [3.8, 4) is 11.5 Å². The van der Waals surface area contributed by atoms with Crippen molar-refractivity contribution < 1.29 is 184 Å². The predicted octanol–water partition coefficient (Wildman–Crippen LogP) is -2.54. The van der Waals surface area contributed by atoms with Crippen LogP contribution in [-0.4, -0.2) is 73.1 Å².